The van der Waals surface area contributed by atoms with Crippen LogP contribution in [0.5, 0.6) is 0 Å². The van der Waals surface area contributed by atoms with Crippen molar-refractivity contribution in [1.29, 1.82) is 10.5 Å². The number of rotatable bonds is 8. The number of nitrogens with zero attached hydrogens (tertiary/aromatic N) is 3. The van der Waals surface area contributed by atoms with Crippen LogP contribution < -0.4 is 5.73 Å². The van der Waals surface area contributed by atoms with Gasteiger partial charge in [0.25, 0.3) is 0 Å². The summed E-state index contributed by atoms with van der Waals surface area (Å²) in [6, 6.07) is 7.02. The molecule has 0 saturated carbocycles. The van der Waals surface area contributed by atoms with Crippen molar-refractivity contribution in [3.8, 4) is 12.1 Å². The third-order valence-corrected chi connectivity index (χ3v) is 5.67. The normalized spacial score (nSPS) is 14.4. The summed E-state index contributed by atoms with van der Waals surface area (Å²) < 4.78 is 58.4. The number of hydrogen-bond acceptors (Lipinski definition) is 4. The van der Waals surface area contributed by atoms with Gasteiger partial charge in [0.15, 0.2) is 0 Å². The number of benzene rings is 2. The summed E-state index contributed by atoms with van der Waals surface area (Å²) in [6.45, 7) is 3.04. The highest BCUT2D eigenvalue weighted by Crippen LogP contribution is 2.42. The van der Waals surface area contributed by atoms with E-state index >= 15 is 0 Å². The lowest BCUT2D eigenvalue weighted by atomic mass is 9.92. The van der Waals surface area contributed by atoms with Gasteiger partial charge in [-0.25, -0.2) is 4.39 Å². The number of amides is 1. The second-order valence-corrected chi connectivity index (χ2v) is 8.72. The molecule has 3 atom stereocenters. The molecular weight excluding hydrogens is 504 g/mol. The fourth-order valence-electron chi connectivity index (χ4n) is 3.74. The van der Waals surface area contributed by atoms with Gasteiger partial charge in [0.1, 0.15) is 17.9 Å². The minimum Gasteiger partial charge on any atom is -0.368 e. The molecule has 2 rings (SSSR count). The quantitative estimate of drug-likeness (QED) is 0.491. The average Bonchev–Trinajstić information content (AvgIpc) is 2.72. The van der Waals surface area contributed by atoms with Gasteiger partial charge in [-0.3, -0.25) is 9.69 Å². The van der Waals surface area contributed by atoms with Crippen LogP contribution in [-0.2, 0) is 11.2 Å². The fraction of sp³-hybridized carbons (Fsp3) is 0.348. The summed E-state index contributed by atoms with van der Waals surface area (Å²) in [5.74, 6) is -2.54. The molecule has 33 heavy (non-hydrogen) atoms. The van der Waals surface area contributed by atoms with E-state index in [1.54, 1.807) is 6.07 Å². The molecule has 0 spiro atoms. The van der Waals surface area contributed by atoms with Crippen molar-refractivity contribution in [1.82, 2.24) is 4.90 Å². The first-order valence-corrected chi connectivity index (χ1v) is 10.7. The van der Waals surface area contributed by atoms with Gasteiger partial charge in [-0.1, -0.05) is 48.0 Å². The number of halogens is 5. The maximum Gasteiger partial charge on any atom is 0.408 e. The van der Waals surface area contributed by atoms with E-state index in [1.165, 1.54) is 50.2 Å². The number of nitrogens with two attached hydrogens (primary N) is 1. The van der Waals surface area contributed by atoms with Crippen LogP contribution >= 0.6 is 15.9 Å². The first kappa shape index (κ1) is 26.3. The van der Waals surface area contributed by atoms with Gasteiger partial charge < -0.3 is 5.73 Å². The maximum atomic E-state index is 14.5. The maximum absolute atomic E-state index is 14.5. The molecule has 2 N–H and O–H groups in total. The van der Waals surface area contributed by atoms with Gasteiger partial charge in [0.2, 0.25) is 5.91 Å². The summed E-state index contributed by atoms with van der Waals surface area (Å²) >= 11 is 3.18. The molecule has 0 radical (unpaired) electrons. The Labute approximate surface area is 197 Å². The van der Waals surface area contributed by atoms with Crippen molar-refractivity contribution < 1.29 is 22.4 Å². The molecule has 0 bridgehead atoms. The standard InChI is InChI=1S/C23H21BrF4N4O/c1-13(2)20(22(31)33)32(21(23(26,27)28)15-5-7-17(24)8-6-15)18(12-30)10-16-4-3-14(11-29)9-19(16)25/h3-9,13,18,20-21H,10H2,1-2H3,(H2,31,33)/t18-,20-,21-/m0/s1. The molecule has 0 fully saturated rings. The van der Waals surface area contributed by atoms with Gasteiger partial charge >= 0.3 is 6.18 Å². The molecule has 1 amide bonds. The van der Waals surface area contributed by atoms with Gasteiger partial charge in [-0.05, 0) is 41.3 Å². The highest BCUT2D eigenvalue weighted by molar-refractivity contribution is 9.10. The van der Waals surface area contributed by atoms with E-state index in [0.717, 1.165) is 11.0 Å². The zero-order valence-electron chi connectivity index (χ0n) is 17.8. The van der Waals surface area contributed by atoms with Crippen LogP contribution in [0.2, 0.25) is 0 Å². The van der Waals surface area contributed by atoms with E-state index in [-0.39, 0.29) is 16.7 Å². The lowest BCUT2D eigenvalue weighted by Crippen LogP contribution is -2.57. The van der Waals surface area contributed by atoms with E-state index < -0.39 is 48.4 Å². The van der Waals surface area contributed by atoms with Crippen LogP contribution in [0, 0.1) is 34.4 Å². The lowest BCUT2D eigenvalue weighted by Gasteiger charge is -2.42. The Morgan fingerprint density at radius 3 is 2.18 bits per heavy atom. The van der Waals surface area contributed by atoms with E-state index in [9.17, 15) is 27.6 Å². The van der Waals surface area contributed by atoms with E-state index in [0.29, 0.717) is 4.47 Å². The monoisotopic (exact) mass is 524 g/mol. The summed E-state index contributed by atoms with van der Waals surface area (Å²) in [5, 5.41) is 18.8. The minimum atomic E-state index is -4.88. The molecule has 174 valence electrons. The summed E-state index contributed by atoms with van der Waals surface area (Å²) in [6.07, 6.45) is -5.33. The molecule has 0 unspecified atom stereocenters. The number of nitriles is 2. The molecule has 0 heterocycles. The fourth-order valence-corrected chi connectivity index (χ4v) is 4.00. The molecular formula is C23H21BrF4N4O. The van der Waals surface area contributed by atoms with E-state index in [2.05, 4.69) is 15.9 Å². The van der Waals surface area contributed by atoms with Crippen molar-refractivity contribution in [3.63, 3.8) is 0 Å². The second kappa shape index (κ2) is 10.8. The van der Waals surface area contributed by atoms with Crippen molar-refractivity contribution in [2.24, 2.45) is 11.7 Å². The Morgan fingerprint density at radius 2 is 1.76 bits per heavy atom. The molecule has 0 aliphatic rings. The third-order valence-electron chi connectivity index (χ3n) is 5.14. The van der Waals surface area contributed by atoms with Crippen LogP contribution in [0.4, 0.5) is 17.6 Å². The van der Waals surface area contributed by atoms with Crippen LogP contribution in [0.1, 0.15) is 36.6 Å². The SMILES string of the molecule is CC(C)[C@@H](C(N)=O)N([C@H](C#N)Cc1ccc(C#N)cc1F)[C@@H](c1ccc(Br)cc1)C(F)(F)F. The Hall–Kier alpha value is -2.95. The summed E-state index contributed by atoms with van der Waals surface area (Å²) in [5.41, 5.74) is 5.27. The number of primary amides is 1. The van der Waals surface area contributed by atoms with Crippen LogP contribution in [0.15, 0.2) is 46.9 Å². The number of carbonyl (C=O) groups excluding carboxylic acids is 1. The molecule has 0 aliphatic carbocycles. The molecule has 10 heteroatoms. The smallest absolute Gasteiger partial charge is 0.368 e. The number of hydrogen-bond donors (Lipinski definition) is 1. The van der Waals surface area contributed by atoms with Crippen LogP contribution in [0.25, 0.3) is 0 Å². The first-order chi connectivity index (χ1) is 15.4. The topological polar surface area (TPSA) is 93.9 Å². The zero-order chi connectivity index (χ0) is 24.9. The average molecular weight is 525 g/mol. The third kappa shape index (κ3) is 6.31. The predicted molar refractivity (Wildman–Crippen MR) is 117 cm³/mol. The highest BCUT2D eigenvalue weighted by atomic mass is 79.9. The van der Waals surface area contributed by atoms with Gasteiger partial charge in [0, 0.05) is 10.9 Å². The Morgan fingerprint density at radius 1 is 1.15 bits per heavy atom. The van der Waals surface area contributed by atoms with Crippen LogP contribution in [-0.4, -0.2) is 29.1 Å². The lowest BCUT2D eigenvalue weighted by molar-refractivity contribution is -0.199. The first-order valence-electron chi connectivity index (χ1n) is 9.87. The van der Waals surface area contributed by atoms with Crippen LogP contribution in [0.3, 0.4) is 0 Å². The molecule has 2 aromatic rings. The molecule has 0 aliphatic heterocycles. The molecule has 2 aromatic carbocycles. The predicted octanol–water partition coefficient (Wildman–Crippen LogP) is 5.01. The Kier molecular flexibility index (Phi) is 8.59. The van der Waals surface area contributed by atoms with Crippen molar-refractivity contribution in [3.05, 3.63) is 69.4 Å². The number of alkyl halides is 3. The van der Waals surface area contributed by atoms with E-state index in [1.807, 2.05) is 6.07 Å². The highest BCUT2D eigenvalue weighted by Gasteiger charge is 2.51. The van der Waals surface area contributed by atoms with Crippen molar-refractivity contribution in [2.75, 3.05) is 0 Å². The van der Waals surface area contributed by atoms with E-state index in [4.69, 9.17) is 11.0 Å². The second-order valence-electron chi connectivity index (χ2n) is 7.80. The molecule has 5 nitrogen and oxygen atoms in total. The van der Waals surface area contributed by atoms with Gasteiger partial charge in [0.05, 0.1) is 23.7 Å². The number of carbonyl (C=O) groups is 1. The zero-order valence-corrected chi connectivity index (χ0v) is 19.4. The van der Waals surface area contributed by atoms with Gasteiger partial charge in [-0.2, -0.15) is 23.7 Å². The minimum absolute atomic E-state index is 0.0295. The van der Waals surface area contributed by atoms with Crippen molar-refractivity contribution >= 4 is 21.8 Å². The summed E-state index contributed by atoms with van der Waals surface area (Å²) in [7, 11) is 0. The summed E-state index contributed by atoms with van der Waals surface area (Å²) in [4.78, 5) is 13.0. The van der Waals surface area contributed by atoms with Gasteiger partial charge in [-0.15, -0.1) is 0 Å². The largest absolute Gasteiger partial charge is 0.408 e. The Balaban J connectivity index is 2.69. The molecule has 0 saturated heterocycles. The molecule has 0 aromatic heterocycles. The Bertz CT molecular complexity index is 1070. The van der Waals surface area contributed by atoms with Crippen molar-refractivity contribution in [2.45, 2.75) is 44.6 Å².